The lowest BCUT2D eigenvalue weighted by molar-refractivity contribution is 0.265. The Labute approximate surface area is 245 Å². The molecule has 0 amide bonds. The molecule has 1 aromatic heterocycles. The van der Waals surface area contributed by atoms with Gasteiger partial charge in [-0.25, -0.2) is 0 Å². The third-order valence-electron chi connectivity index (χ3n) is 8.46. The summed E-state index contributed by atoms with van der Waals surface area (Å²) in [6.45, 7) is 0.537. The van der Waals surface area contributed by atoms with Gasteiger partial charge in [-0.05, 0) is 57.6 Å². The van der Waals surface area contributed by atoms with E-state index < -0.39 is 5.41 Å². The van der Waals surface area contributed by atoms with Crippen LogP contribution in [-0.4, -0.2) is 9.55 Å². The molecule has 3 nitrogen and oxygen atoms in total. The lowest BCUT2D eigenvalue weighted by atomic mass is 9.65. The second-order valence-electron chi connectivity index (χ2n) is 10.8. The maximum absolute atomic E-state index is 6.04. The summed E-state index contributed by atoms with van der Waals surface area (Å²) in [5.41, 5.74) is 10.9. The molecule has 8 rings (SSSR count). The Hall–Kier alpha value is -5.41. The molecule has 3 heteroatoms. The van der Waals surface area contributed by atoms with Crippen molar-refractivity contribution < 1.29 is 4.74 Å². The van der Waals surface area contributed by atoms with Crippen LogP contribution in [0, 0.1) is 0 Å². The van der Waals surface area contributed by atoms with Crippen LogP contribution in [0.25, 0.3) is 27.8 Å². The quantitative estimate of drug-likeness (QED) is 0.204. The van der Waals surface area contributed by atoms with E-state index in [1.165, 1.54) is 27.8 Å². The predicted molar refractivity (Wildman–Crippen MR) is 169 cm³/mol. The fourth-order valence-electron chi connectivity index (χ4n) is 6.56. The maximum atomic E-state index is 6.04. The number of fused-ring (bicyclic) bond motifs is 5. The first kappa shape index (κ1) is 24.4. The Balaban J connectivity index is 1.32. The zero-order valence-electron chi connectivity index (χ0n) is 23.0. The first-order valence-corrected chi connectivity index (χ1v) is 14.3. The van der Waals surface area contributed by atoms with Crippen molar-refractivity contribution in [2.45, 2.75) is 12.0 Å². The molecule has 0 bridgehead atoms. The van der Waals surface area contributed by atoms with Crippen LogP contribution in [-0.2, 0) is 12.0 Å². The smallest absolute Gasteiger partial charge is 0.302 e. The second-order valence-corrected chi connectivity index (χ2v) is 10.8. The molecule has 1 aliphatic rings. The van der Waals surface area contributed by atoms with Crippen LogP contribution in [0.1, 0.15) is 27.8 Å². The summed E-state index contributed by atoms with van der Waals surface area (Å²) < 4.78 is 8.17. The van der Waals surface area contributed by atoms with Gasteiger partial charge in [0, 0.05) is 5.56 Å². The van der Waals surface area contributed by atoms with Gasteiger partial charge in [0.1, 0.15) is 6.61 Å². The first-order chi connectivity index (χ1) is 20.8. The van der Waals surface area contributed by atoms with E-state index in [1.54, 1.807) is 0 Å². The van der Waals surface area contributed by atoms with Crippen LogP contribution in [0.2, 0.25) is 0 Å². The minimum atomic E-state index is -0.491. The number of nitrogens with zero attached hydrogens (tertiary/aromatic N) is 2. The van der Waals surface area contributed by atoms with Crippen LogP contribution >= 0.6 is 0 Å². The lowest BCUT2D eigenvalue weighted by Gasteiger charge is -2.37. The standard InChI is InChI=1S/C39H28N2O/c1-4-15-31(16-5-1)39(32-17-6-2-7-18-32,33-19-8-3-9-20-33)34-21-12-14-28(25-34)29-23-24-37-35(26-29)40-38-41(37)36-22-11-10-13-30(36)27-42-38/h1-26H,27H2. The zero-order valence-corrected chi connectivity index (χ0v) is 23.0. The Morgan fingerprint density at radius 1 is 0.524 bits per heavy atom. The normalized spacial score (nSPS) is 12.4. The average molecular weight is 541 g/mol. The number of hydrogen-bond donors (Lipinski definition) is 0. The third-order valence-corrected chi connectivity index (χ3v) is 8.46. The molecular weight excluding hydrogens is 512 g/mol. The van der Waals surface area contributed by atoms with E-state index in [0.717, 1.165) is 27.8 Å². The Kier molecular flexibility index (Phi) is 5.75. The minimum Gasteiger partial charge on any atom is -0.459 e. The predicted octanol–water partition coefficient (Wildman–Crippen LogP) is 8.97. The van der Waals surface area contributed by atoms with Crippen LogP contribution in [0.3, 0.4) is 0 Å². The number of para-hydroxylation sites is 1. The van der Waals surface area contributed by atoms with E-state index in [-0.39, 0.29) is 0 Å². The molecule has 42 heavy (non-hydrogen) atoms. The van der Waals surface area contributed by atoms with Gasteiger partial charge in [0.25, 0.3) is 0 Å². The van der Waals surface area contributed by atoms with Crippen molar-refractivity contribution in [1.29, 1.82) is 0 Å². The number of rotatable bonds is 5. The number of benzene rings is 6. The average Bonchev–Trinajstić information content (AvgIpc) is 3.45. The van der Waals surface area contributed by atoms with Gasteiger partial charge in [0.2, 0.25) is 0 Å². The van der Waals surface area contributed by atoms with Crippen molar-refractivity contribution in [3.05, 3.63) is 186 Å². The molecule has 0 atom stereocenters. The third kappa shape index (κ3) is 3.78. The minimum absolute atomic E-state index is 0.491. The lowest BCUT2D eigenvalue weighted by Crippen LogP contribution is -2.31. The highest BCUT2D eigenvalue weighted by Gasteiger charge is 2.38. The zero-order chi connectivity index (χ0) is 27.9. The van der Waals surface area contributed by atoms with E-state index >= 15 is 0 Å². The van der Waals surface area contributed by atoms with E-state index in [2.05, 4.69) is 162 Å². The topological polar surface area (TPSA) is 27.1 Å². The summed E-state index contributed by atoms with van der Waals surface area (Å²) in [6, 6.07) is 57.0. The van der Waals surface area contributed by atoms with Crippen LogP contribution in [0.5, 0.6) is 6.01 Å². The fourth-order valence-corrected chi connectivity index (χ4v) is 6.56. The Morgan fingerprint density at radius 2 is 1.10 bits per heavy atom. The van der Waals surface area contributed by atoms with Gasteiger partial charge >= 0.3 is 6.01 Å². The Morgan fingerprint density at radius 3 is 1.76 bits per heavy atom. The van der Waals surface area contributed by atoms with Gasteiger partial charge in [-0.3, -0.25) is 4.57 Å². The summed E-state index contributed by atoms with van der Waals surface area (Å²) in [7, 11) is 0. The summed E-state index contributed by atoms with van der Waals surface area (Å²) in [4.78, 5) is 4.89. The van der Waals surface area contributed by atoms with Gasteiger partial charge in [0.05, 0.1) is 22.1 Å². The van der Waals surface area contributed by atoms with Crippen LogP contribution < -0.4 is 4.74 Å². The van der Waals surface area contributed by atoms with Crippen molar-refractivity contribution in [1.82, 2.24) is 9.55 Å². The fraction of sp³-hybridized carbons (Fsp3) is 0.0513. The second kappa shape index (κ2) is 9.90. The molecule has 0 saturated carbocycles. The summed E-state index contributed by atoms with van der Waals surface area (Å²) >= 11 is 0. The van der Waals surface area contributed by atoms with Crippen molar-refractivity contribution >= 4 is 11.0 Å². The molecule has 7 aromatic rings. The summed E-state index contributed by atoms with van der Waals surface area (Å²) in [6.07, 6.45) is 0. The summed E-state index contributed by atoms with van der Waals surface area (Å²) in [5, 5.41) is 0. The highest BCUT2D eigenvalue weighted by Crippen LogP contribution is 2.46. The van der Waals surface area contributed by atoms with Crippen LogP contribution in [0.15, 0.2) is 158 Å². The molecule has 0 spiro atoms. The highest BCUT2D eigenvalue weighted by molar-refractivity contribution is 5.85. The van der Waals surface area contributed by atoms with E-state index in [4.69, 9.17) is 9.72 Å². The number of aromatic nitrogens is 2. The summed E-state index contributed by atoms with van der Waals surface area (Å²) in [5.74, 6) is 0. The molecule has 0 radical (unpaired) electrons. The molecule has 1 aliphatic heterocycles. The van der Waals surface area contributed by atoms with Gasteiger partial charge in [-0.1, -0.05) is 133 Å². The SMILES string of the molecule is c1ccc(C(c2ccccc2)(c2ccccc2)c2cccc(-c3ccc4c(c3)nc3n4-c4ccccc4CO3)c2)cc1. The number of hydrogen-bond acceptors (Lipinski definition) is 2. The van der Waals surface area contributed by atoms with E-state index in [0.29, 0.717) is 12.6 Å². The molecule has 200 valence electrons. The van der Waals surface area contributed by atoms with E-state index in [1.807, 2.05) is 0 Å². The molecule has 6 aromatic carbocycles. The monoisotopic (exact) mass is 540 g/mol. The molecule has 0 fully saturated rings. The van der Waals surface area contributed by atoms with Gasteiger partial charge in [-0.2, -0.15) is 4.98 Å². The Bertz CT molecular complexity index is 1930. The van der Waals surface area contributed by atoms with Crippen LogP contribution in [0.4, 0.5) is 0 Å². The molecule has 0 saturated heterocycles. The number of imidazole rings is 1. The van der Waals surface area contributed by atoms with Crippen molar-refractivity contribution in [2.75, 3.05) is 0 Å². The van der Waals surface area contributed by atoms with Gasteiger partial charge in [-0.15, -0.1) is 0 Å². The molecule has 0 N–H and O–H groups in total. The van der Waals surface area contributed by atoms with Crippen molar-refractivity contribution in [3.8, 4) is 22.8 Å². The van der Waals surface area contributed by atoms with Crippen molar-refractivity contribution in [3.63, 3.8) is 0 Å². The molecular formula is C39H28N2O. The molecule has 0 aliphatic carbocycles. The largest absolute Gasteiger partial charge is 0.459 e. The highest BCUT2D eigenvalue weighted by atomic mass is 16.5. The maximum Gasteiger partial charge on any atom is 0.302 e. The van der Waals surface area contributed by atoms with Gasteiger partial charge in [0.15, 0.2) is 0 Å². The van der Waals surface area contributed by atoms with Gasteiger partial charge < -0.3 is 4.74 Å². The molecule has 0 unspecified atom stereocenters. The van der Waals surface area contributed by atoms with Crippen molar-refractivity contribution in [2.24, 2.45) is 0 Å². The molecule has 2 heterocycles. The number of ether oxygens (including phenoxy) is 1. The first-order valence-electron chi connectivity index (χ1n) is 14.3. The van der Waals surface area contributed by atoms with E-state index in [9.17, 15) is 0 Å².